The zero-order valence-corrected chi connectivity index (χ0v) is 15.0. The number of carbonyl (C=O) groups is 2. The summed E-state index contributed by atoms with van der Waals surface area (Å²) in [6.07, 6.45) is 0.225. The van der Waals surface area contributed by atoms with Crippen LogP contribution in [0.15, 0.2) is 30.3 Å². The molecule has 0 aromatic heterocycles. The van der Waals surface area contributed by atoms with E-state index in [1.165, 1.54) is 25.3 Å². The molecule has 0 bridgehead atoms. The largest absolute Gasteiger partial charge is 0.507 e. The lowest BCUT2D eigenvalue weighted by atomic mass is 9.95. The van der Waals surface area contributed by atoms with E-state index < -0.39 is 12.1 Å². The van der Waals surface area contributed by atoms with E-state index in [1.807, 2.05) is 6.92 Å². The fourth-order valence-electron chi connectivity index (χ4n) is 2.95. The molecule has 0 spiro atoms. The Kier molecular flexibility index (Phi) is 5.21. The van der Waals surface area contributed by atoms with E-state index in [4.69, 9.17) is 14.2 Å². The van der Waals surface area contributed by atoms with Gasteiger partial charge in [0.2, 0.25) is 0 Å². The average molecular weight is 372 g/mol. The number of esters is 1. The van der Waals surface area contributed by atoms with Crippen LogP contribution in [-0.4, -0.2) is 29.1 Å². The Morgan fingerprint density at radius 2 is 2.00 bits per heavy atom. The van der Waals surface area contributed by atoms with E-state index in [2.05, 4.69) is 0 Å². The van der Waals surface area contributed by atoms with Gasteiger partial charge in [-0.05, 0) is 24.1 Å². The summed E-state index contributed by atoms with van der Waals surface area (Å²) >= 11 is 0. The summed E-state index contributed by atoms with van der Waals surface area (Å²) in [6, 6.07) is 7.37. The van der Waals surface area contributed by atoms with E-state index >= 15 is 0 Å². The zero-order chi connectivity index (χ0) is 19.6. The van der Waals surface area contributed by atoms with Crippen LogP contribution in [0.4, 0.5) is 0 Å². The second kappa shape index (κ2) is 7.57. The van der Waals surface area contributed by atoms with Gasteiger partial charge in [-0.25, -0.2) is 0 Å². The minimum absolute atomic E-state index is 0.00129. The first kappa shape index (κ1) is 18.6. The van der Waals surface area contributed by atoms with E-state index in [9.17, 15) is 19.8 Å². The highest BCUT2D eigenvalue weighted by atomic mass is 16.5. The van der Waals surface area contributed by atoms with Crippen LogP contribution in [-0.2, 0) is 4.79 Å². The Morgan fingerprint density at radius 1 is 1.22 bits per heavy atom. The van der Waals surface area contributed by atoms with Gasteiger partial charge >= 0.3 is 5.97 Å². The van der Waals surface area contributed by atoms with Crippen molar-refractivity contribution in [2.45, 2.75) is 32.3 Å². The molecule has 0 amide bonds. The molecule has 0 fully saturated rings. The van der Waals surface area contributed by atoms with Crippen molar-refractivity contribution >= 4 is 11.8 Å². The van der Waals surface area contributed by atoms with Crippen molar-refractivity contribution in [3.63, 3.8) is 0 Å². The SMILES string of the molecule is CCCC(=O)Oc1cc(O)c2c(c1)O[C@H](c1ccc(OC)c(O)c1)CC2=O. The first-order valence-electron chi connectivity index (χ1n) is 8.57. The number of Topliss-reactive ketones (excluding diaryl/α,β-unsaturated/α-hetero) is 1. The van der Waals surface area contributed by atoms with Gasteiger partial charge in [-0.15, -0.1) is 0 Å². The number of carbonyl (C=O) groups excluding carboxylic acids is 2. The number of ether oxygens (including phenoxy) is 3. The molecular weight excluding hydrogens is 352 g/mol. The Bertz CT molecular complexity index is 888. The van der Waals surface area contributed by atoms with Crippen molar-refractivity contribution in [1.82, 2.24) is 0 Å². The molecule has 142 valence electrons. The van der Waals surface area contributed by atoms with E-state index in [-0.39, 0.29) is 47.2 Å². The highest BCUT2D eigenvalue weighted by Gasteiger charge is 2.31. The molecule has 1 atom stereocenters. The van der Waals surface area contributed by atoms with Crippen molar-refractivity contribution in [3.05, 3.63) is 41.5 Å². The molecule has 2 aromatic rings. The monoisotopic (exact) mass is 372 g/mol. The van der Waals surface area contributed by atoms with Crippen LogP contribution in [0.1, 0.15) is 48.2 Å². The summed E-state index contributed by atoms with van der Waals surface area (Å²) in [6.45, 7) is 1.85. The summed E-state index contributed by atoms with van der Waals surface area (Å²) in [5.41, 5.74) is 0.638. The van der Waals surface area contributed by atoms with E-state index in [1.54, 1.807) is 12.1 Å². The van der Waals surface area contributed by atoms with E-state index in [0.29, 0.717) is 17.7 Å². The number of fused-ring (bicyclic) bond motifs is 1. The number of benzene rings is 2. The highest BCUT2D eigenvalue weighted by Crippen LogP contribution is 2.43. The molecule has 27 heavy (non-hydrogen) atoms. The molecule has 7 heteroatoms. The highest BCUT2D eigenvalue weighted by molar-refractivity contribution is 6.02. The fraction of sp³-hybridized carbons (Fsp3) is 0.300. The lowest BCUT2D eigenvalue weighted by Gasteiger charge is -2.26. The Hall–Kier alpha value is -3.22. The Balaban J connectivity index is 1.91. The first-order chi connectivity index (χ1) is 12.9. The molecule has 1 heterocycles. The Morgan fingerprint density at radius 3 is 2.67 bits per heavy atom. The van der Waals surface area contributed by atoms with Crippen molar-refractivity contribution < 1.29 is 34.0 Å². The number of hydrogen-bond acceptors (Lipinski definition) is 7. The summed E-state index contributed by atoms with van der Waals surface area (Å²) in [7, 11) is 1.44. The van der Waals surface area contributed by atoms with Crippen LogP contribution >= 0.6 is 0 Å². The lowest BCUT2D eigenvalue weighted by Crippen LogP contribution is -2.20. The molecule has 2 N–H and O–H groups in total. The van der Waals surface area contributed by atoms with Gasteiger partial charge in [0.25, 0.3) is 0 Å². The molecule has 7 nitrogen and oxygen atoms in total. The number of hydrogen-bond donors (Lipinski definition) is 2. The molecule has 0 radical (unpaired) electrons. The maximum Gasteiger partial charge on any atom is 0.311 e. The third-order valence-electron chi connectivity index (χ3n) is 4.23. The number of phenols is 2. The minimum atomic E-state index is -0.650. The quantitative estimate of drug-likeness (QED) is 0.611. The third kappa shape index (κ3) is 3.81. The van der Waals surface area contributed by atoms with Crippen LogP contribution in [0.25, 0.3) is 0 Å². The average Bonchev–Trinajstić information content (AvgIpc) is 2.61. The van der Waals surface area contributed by atoms with Crippen LogP contribution in [0.5, 0.6) is 28.7 Å². The van der Waals surface area contributed by atoms with Gasteiger partial charge in [-0.2, -0.15) is 0 Å². The van der Waals surface area contributed by atoms with Gasteiger partial charge in [-0.1, -0.05) is 13.0 Å². The first-order valence-corrected chi connectivity index (χ1v) is 8.57. The van der Waals surface area contributed by atoms with Gasteiger partial charge in [0.05, 0.1) is 13.5 Å². The topological polar surface area (TPSA) is 102 Å². The van der Waals surface area contributed by atoms with Crippen molar-refractivity contribution in [3.8, 4) is 28.7 Å². The van der Waals surface area contributed by atoms with Gasteiger partial charge < -0.3 is 24.4 Å². The maximum atomic E-state index is 12.5. The Labute approximate surface area is 156 Å². The summed E-state index contributed by atoms with van der Waals surface area (Å²) in [5.74, 6) is -0.559. The number of phenolic OH excluding ortho intramolecular Hbond substituents is 2. The summed E-state index contributed by atoms with van der Waals surface area (Å²) in [4.78, 5) is 24.2. The molecule has 0 saturated carbocycles. The van der Waals surface area contributed by atoms with Crippen LogP contribution in [0.2, 0.25) is 0 Å². The predicted octanol–water partition coefficient (Wildman–Crippen LogP) is 3.52. The molecule has 1 aliphatic rings. The number of methoxy groups -OCH3 is 1. The molecular formula is C20H20O7. The van der Waals surface area contributed by atoms with Crippen molar-refractivity contribution in [2.75, 3.05) is 7.11 Å². The molecule has 0 aliphatic carbocycles. The van der Waals surface area contributed by atoms with Gasteiger partial charge in [0.1, 0.15) is 28.9 Å². The predicted molar refractivity (Wildman–Crippen MR) is 95.6 cm³/mol. The van der Waals surface area contributed by atoms with Crippen LogP contribution in [0.3, 0.4) is 0 Å². The zero-order valence-electron chi connectivity index (χ0n) is 15.0. The second-order valence-corrected chi connectivity index (χ2v) is 6.20. The number of aromatic hydroxyl groups is 2. The van der Waals surface area contributed by atoms with Crippen LogP contribution < -0.4 is 14.2 Å². The third-order valence-corrected chi connectivity index (χ3v) is 4.23. The van der Waals surface area contributed by atoms with Gasteiger partial charge in [0.15, 0.2) is 17.3 Å². The smallest absolute Gasteiger partial charge is 0.311 e. The normalized spacial score (nSPS) is 15.6. The molecule has 0 unspecified atom stereocenters. The number of rotatable bonds is 5. The molecule has 3 rings (SSSR count). The number of ketones is 1. The van der Waals surface area contributed by atoms with E-state index in [0.717, 1.165) is 0 Å². The lowest BCUT2D eigenvalue weighted by molar-refractivity contribution is -0.134. The minimum Gasteiger partial charge on any atom is -0.507 e. The van der Waals surface area contributed by atoms with Crippen molar-refractivity contribution in [2.24, 2.45) is 0 Å². The van der Waals surface area contributed by atoms with Crippen molar-refractivity contribution in [1.29, 1.82) is 0 Å². The van der Waals surface area contributed by atoms with Crippen LogP contribution in [0, 0.1) is 0 Å². The molecule has 0 saturated heterocycles. The standard InChI is InChI=1S/C20H20O7/c1-3-4-19(24)26-12-8-14(22)20-15(23)10-17(27-18(20)9-12)11-5-6-16(25-2)13(21)7-11/h5-9,17,21-22H,3-4,10H2,1-2H3/t17-/m0/s1. The second-order valence-electron chi connectivity index (χ2n) is 6.20. The summed E-state index contributed by atoms with van der Waals surface area (Å²) in [5, 5.41) is 20.1. The maximum absolute atomic E-state index is 12.5. The van der Waals surface area contributed by atoms with Gasteiger partial charge in [-0.3, -0.25) is 9.59 Å². The van der Waals surface area contributed by atoms with Gasteiger partial charge in [0, 0.05) is 18.6 Å². The molecule has 2 aromatic carbocycles. The molecule has 1 aliphatic heterocycles. The summed E-state index contributed by atoms with van der Waals surface area (Å²) < 4.78 is 16.1. The fourth-order valence-corrected chi connectivity index (χ4v) is 2.95.